The van der Waals surface area contributed by atoms with Crippen LogP contribution in [-0.2, 0) is 9.31 Å². The molecule has 0 spiro atoms. The van der Waals surface area contributed by atoms with Gasteiger partial charge in [-0.1, -0.05) is 18.2 Å². The second-order valence-corrected chi connectivity index (χ2v) is 9.18. The summed E-state index contributed by atoms with van der Waals surface area (Å²) in [6.07, 6.45) is 0. The highest BCUT2D eigenvalue weighted by Crippen LogP contribution is 2.39. The van der Waals surface area contributed by atoms with Crippen LogP contribution in [0.4, 0.5) is 0 Å². The third-order valence-corrected chi connectivity index (χ3v) is 6.76. The van der Waals surface area contributed by atoms with Crippen LogP contribution in [0.5, 0.6) is 0 Å². The minimum absolute atomic E-state index is 0.424. The van der Waals surface area contributed by atoms with Gasteiger partial charge < -0.3 is 18.1 Å². The predicted molar refractivity (Wildman–Crippen MR) is 121 cm³/mol. The monoisotopic (exact) mass is 409 g/mol. The van der Waals surface area contributed by atoms with E-state index in [0.717, 1.165) is 43.8 Å². The van der Waals surface area contributed by atoms with E-state index in [9.17, 15) is 0 Å². The van der Waals surface area contributed by atoms with Crippen molar-refractivity contribution in [1.29, 1.82) is 5.26 Å². The lowest BCUT2D eigenvalue weighted by molar-refractivity contribution is 0.00578. The molecule has 0 N–H and O–H groups in total. The van der Waals surface area contributed by atoms with Gasteiger partial charge in [-0.2, -0.15) is 5.26 Å². The molecule has 6 rings (SSSR count). The zero-order chi connectivity index (χ0) is 21.5. The minimum atomic E-state index is -0.498. The number of nitrogens with zero attached hydrogens (tertiary/aromatic N) is 1. The quantitative estimate of drug-likeness (QED) is 0.335. The molecule has 1 aliphatic heterocycles. The van der Waals surface area contributed by atoms with E-state index in [2.05, 4.69) is 6.07 Å². The molecule has 2 aromatic heterocycles. The van der Waals surface area contributed by atoms with Crippen molar-refractivity contribution in [3.05, 3.63) is 54.1 Å². The standard InChI is InChI=1S/C25H20BNO4/c1-24(2)25(3,4)31-26(30-24)19-7-5-6-16-18-12-21-17(11-22(18)29-23(16)19)15-9-8-14(13-27)10-20(15)28-21/h5-12H,1-4H3. The maximum atomic E-state index is 9.17. The lowest BCUT2D eigenvalue weighted by Crippen LogP contribution is -2.41. The van der Waals surface area contributed by atoms with Crippen molar-refractivity contribution in [3.63, 3.8) is 0 Å². The van der Waals surface area contributed by atoms with Gasteiger partial charge in [-0.3, -0.25) is 0 Å². The fourth-order valence-electron chi connectivity index (χ4n) is 4.31. The number of hydrogen-bond acceptors (Lipinski definition) is 5. The molecule has 3 aromatic carbocycles. The van der Waals surface area contributed by atoms with Crippen molar-refractivity contribution in [1.82, 2.24) is 0 Å². The van der Waals surface area contributed by atoms with Crippen LogP contribution in [0, 0.1) is 11.3 Å². The highest BCUT2D eigenvalue weighted by atomic mass is 16.7. The Balaban J connectivity index is 1.57. The van der Waals surface area contributed by atoms with Crippen LogP contribution < -0.4 is 5.46 Å². The molecule has 0 atom stereocenters. The van der Waals surface area contributed by atoms with E-state index in [0.29, 0.717) is 11.1 Å². The number of benzene rings is 3. The third-order valence-electron chi connectivity index (χ3n) is 6.76. The summed E-state index contributed by atoms with van der Waals surface area (Å²) in [6.45, 7) is 8.18. The van der Waals surface area contributed by atoms with E-state index in [1.165, 1.54) is 0 Å². The molecule has 5 nitrogen and oxygen atoms in total. The average molecular weight is 409 g/mol. The first-order valence-corrected chi connectivity index (χ1v) is 10.3. The fraction of sp³-hybridized carbons (Fsp3) is 0.240. The Labute approximate surface area is 179 Å². The number of hydrogen-bond donors (Lipinski definition) is 0. The van der Waals surface area contributed by atoms with E-state index in [4.69, 9.17) is 23.4 Å². The van der Waals surface area contributed by atoms with Crippen LogP contribution in [0.2, 0.25) is 0 Å². The summed E-state index contributed by atoms with van der Waals surface area (Å²) in [5.41, 5.74) is 3.61. The average Bonchev–Trinajstić information content (AvgIpc) is 3.33. The molecule has 0 radical (unpaired) electrons. The molecule has 0 saturated carbocycles. The SMILES string of the molecule is CC1(C)OB(c2cccc3c2oc2cc4c(cc23)oc2cc(C#N)ccc24)OC1(C)C. The summed E-state index contributed by atoms with van der Waals surface area (Å²) in [5.74, 6) is 0. The number of nitriles is 1. The lowest BCUT2D eigenvalue weighted by Gasteiger charge is -2.32. The van der Waals surface area contributed by atoms with Gasteiger partial charge in [0.1, 0.15) is 22.3 Å². The molecular formula is C25H20BNO4. The summed E-state index contributed by atoms with van der Waals surface area (Å²) in [4.78, 5) is 0. The van der Waals surface area contributed by atoms with E-state index in [1.807, 2.05) is 64.1 Å². The van der Waals surface area contributed by atoms with Gasteiger partial charge in [0.15, 0.2) is 0 Å². The second-order valence-electron chi connectivity index (χ2n) is 9.18. The van der Waals surface area contributed by atoms with E-state index >= 15 is 0 Å². The topological polar surface area (TPSA) is 68.5 Å². The highest BCUT2D eigenvalue weighted by Gasteiger charge is 2.52. The van der Waals surface area contributed by atoms with Crippen molar-refractivity contribution in [2.75, 3.05) is 0 Å². The van der Waals surface area contributed by atoms with Gasteiger partial charge in [0.25, 0.3) is 0 Å². The van der Waals surface area contributed by atoms with E-state index < -0.39 is 18.3 Å². The summed E-state index contributed by atoms with van der Waals surface area (Å²) >= 11 is 0. The zero-order valence-corrected chi connectivity index (χ0v) is 17.8. The first-order valence-electron chi connectivity index (χ1n) is 10.3. The van der Waals surface area contributed by atoms with Crippen molar-refractivity contribution >= 4 is 56.5 Å². The summed E-state index contributed by atoms with van der Waals surface area (Å²) in [5, 5.41) is 13.0. The van der Waals surface area contributed by atoms with Crippen molar-refractivity contribution in [2.24, 2.45) is 0 Å². The van der Waals surface area contributed by atoms with Gasteiger partial charge in [0.2, 0.25) is 0 Å². The minimum Gasteiger partial charge on any atom is -0.456 e. The van der Waals surface area contributed by atoms with Gasteiger partial charge in [-0.25, -0.2) is 0 Å². The smallest absolute Gasteiger partial charge is 0.456 e. The normalized spacial score (nSPS) is 17.8. The molecule has 0 unspecified atom stereocenters. The van der Waals surface area contributed by atoms with Crippen molar-refractivity contribution in [2.45, 2.75) is 38.9 Å². The van der Waals surface area contributed by atoms with Crippen LogP contribution >= 0.6 is 0 Å². The fourth-order valence-corrected chi connectivity index (χ4v) is 4.31. The molecule has 0 amide bonds. The number of rotatable bonds is 1. The predicted octanol–water partition coefficient (Wildman–Crippen LogP) is 5.66. The maximum Gasteiger partial charge on any atom is 0.498 e. The first-order chi connectivity index (χ1) is 14.8. The Morgan fingerprint density at radius 2 is 1.39 bits per heavy atom. The summed E-state index contributed by atoms with van der Waals surface area (Å²) in [7, 11) is -0.498. The van der Waals surface area contributed by atoms with E-state index in [-0.39, 0.29) is 0 Å². The number of fused-ring (bicyclic) bond motifs is 6. The third kappa shape index (κ3) is 2.51. The second kappa shape index (κ2) is 5.91. The van der Waals surface area contributed by atoms with E-state index in [1.54, 1.807) is 12.1 Å². The molecule has 0 bridgehead atoms. The van der Waals surface area contributed by atoms with Gasteiger partial charge in [-0.15, -0.1) is 0 Å². The molecule has 3 heterocycles. The van der Waals surface area contributed by atoms with Gasteiger partial charge >= 0.3 is 7.12 Å². The molecule has 1 saturated heterocycles. The van der Waals surface area contributed by atoms with Gasteiger partial charge in [-0.05, 0) is 58.0 Å². The largest absolute Gasteiger partial charge is 0.498 e. The summed E-state index contributed by atoms with van der Waals surface area (Å²) < 4.78 is 25.0. The molecule has 152 valence electrons. The Morgan fingerprint density at radius 3 is 2.10 bits per heavy atom. The summed E-state index contributed by atoms with van der Waals surface area (Å²) in [6, 6.07) is 17.7. The Kier molecular flexibility index (Phi) is 3.53. The van der Waals surface area contributed by atoms with Crippen LogP contribution in [0.3, 0.4) is 0 Å². The zero-order valence-electron chi connectivity index (χ0n) is 17.8. The number of para-hydroxylation sites is 1. The van der Waals surface area contributed by atoms with Crippen LogP contribution in [0.25, 0.3) is 43.9 Å². The molecular weight excluding hydrogens is 389 g/mol. The molecule has 5 aromatic rings. The van der Waals surface area contributed by atoms with Gasteiger partial charge in [0, 0.05) is 27.0 Å². The first kappa shape index (κ1) is 18.5. The van der Waals surface area contributed by atoms with Crippen LogP contribution in [0.15, 0.2) is 57.4 Å². The maximum absolute atomic E-state index is 9.17. The molecule has 1 aliphatic rings. The van der Waals surface area contributed by atoms with Crippen LogP contribution in [-0.4, -0.2) is 18.3 Å². The van der Waals surface area contributed by atoms with Crippen molar-refractivity contribution in [3.8, 4) is 6.07 Å². The Hall–Kier alpha value is -3.27. The molecule has 31 heavy (non-hydrogen) atoms. The molecule has 1 fully saturated rings. The molecule has 6 heteroatoms. The Bertz CT molecular complexity index is 1550. The molecule has 0 aliphatic carbocycles. The highest BCUT2D eigenvalue weighted by molar-refractivity contribution is 6.65. The van der Waals surface area contributed by atoms with Crippen LogP contribution in [0.1, 0.15) is 33.3 Å². The van der Waals surface area contributed by atoms with Crippen molar-refractivity contribution < 1.29 is 18.1 Å². The number of furan rings is 2. The lowest BCUT2D eigenvalue weighted by atomic mass is 9.78. The Morgan fingerprint density at radius 1 is 0.742 bits per heavy atom. The van der Waals surface area contributed by atoms with Gasteiger partial charge in [0.05, 0.1) is 22.8 Å².